The van der Waals surface area contributed by atoms with Gasteiger partial charge in [-0.15, -0.1) is 0 Å². The second-order valence-corrected chi connectivity index (χ2v) is 5.54. The molecular formula is C18H22N2O2. The number of carbonyl (C=O) groups is 1. The van der Waals surface area contributed by atoms with Gasteiger partial charge in [0.05, 0.1) is 13.2 Å². The van der Waals surface area contributed by atoms with Gasteiger partial charge in [0.1, 0.15) is 5.75 Å². The van der Waals surface area contributed by atoms with Crippen molar-refractivity contribution < 1.29 is 9.53 Å². The molecule has 1 aliphatic heterocycles. The summed E-state index contributed by atoms with van der Waals surface area (Å²) in [5, 5.41) is 5.30. The number of carbonyl (C=O) groups excluding carboxylic acids is 1. The van der Waals surface area contributed by atoms with Crippen LogP contribution in [-0.4, -0.2) is 50.0 Å². The number of ether oxygens (including phenoxy) is 1. The molecule has 1 aliphatic rings. The summed E-state index contributed by atoms with van der Waals surface area (Å²) in [5.41, 5.74) is 0.789. The Labute approximate surface area is 131 Å². The van der Waals surface area contributed by atoms with Gasteiger partial charge in [-0.25, -0.2) is 0 Å². The van der Waals surface area contributed by atoms with E-state index in [0.717, 1.165) is 48.3 Å². The molecule has 0 unspecified atom stereocenters. The average molecular weight is 298 g/mol. The molecule has 0 aliphatic carbocycles. The molecule has 1 saturated heterocycles. The average Bonchev–Trinajstić information content (AvgIpc) is 2.56. The summed E-state index contributed by atoms with van der Waals surface area (Å²) in [6, 6.07) is 11.8. The third-order valence-corrected chi connectivity index (χ3v) is 4.06. The summed E-state index contributed by atoms with van der Waals surface area (Å²) in [6.45, 7) is 6.85. The first kappa shape index (κ1) is 15.0. The molecule has 1 heterocycles. The Morgan fingerprint density at radius 1 is 1.14 bits per heavy atom. The van der Waals surface area contributed by atoms with Crippen LogP contribution in [0.2, 0.25) is 0 Å². The maximum atomic E-state index is 12.7. The van der Waals surface area contributed by atoms with E-state index in [1.807, 2.05) is 43.3 Å². The van der Waals surface area contributed by atoms with Crippen LogP contribution in [0.25, 0.3) is 10.8 Å². The van der Waals surface area contributed by atoms with Gasteiger partial charge in [0, 0.05) is 37.1 Å². The highest BCUT2D eigenvalue weighted by Gasteiger charge is 2.17. The summed E-state index contributed by atoms with van der Waals surface area (Å²) < 4.78 is 5.67. The highest BCUT2D eigenvalue weighted by atomic mass is 16.5. The van der Waals surface area contributed by atoms with E-state index >= 15 is 0 Å². The Bertz CT molecular complexity index is 663. The fourth-order valence-corrected chi connectivity index (χ4v) is 2.95. The van der Waals surface area contributed by atoms with E-state index in [0.29, 0.717) is 13.2 Å². The predicted molar refractivity (Wildman–Crippen MR) is 88.8 cm³/mol. The van der Waals surface area contributed by atoms with E-state index in [1.54, 1.807) is 0 Å². The first-order valence-corrected chi connectivity index (χ1v) is 7.90. The summed E-state index contributed by atoms with van der Waals surface area (Å²) in [4.78, 5) is 14.9. The quantitative estimate of drug-likeness (QED) is 0.860. The fourth-order valence-electron chi connectivity index (χ4n) is 2.95. The van der Waals surface area contributed by atoms with Crippen LogP contribution in [0, 0.1) is 0 Å². The maximum Gasteiger partial charge on any atom is 0.177 e. The highest BCUT2D eigenvalue weighted by Crippen LogP contribution is 2.29. The van der Waals surface area contributed by atoms with Crippen LogP contribution in [0.4, 0.5) is 0 Å². The molecular weight excluding hydrogens is 276 g/mol. The monoisotopic (exact) mass is 298 g/mol. The second kappa shape index (κ2) is 6.90. The third kappa shape index (κ3) is 3.13. The van der Waals surface area contributed by atoms with Crippen molar-refractivity contribution in [1.82, 2.24) is 10.2 Å². The molecule has 4 nitrogen and oxygen atoms in total. The highest BCUT2D eigenvalue weighted by molar-refractivity contribution is 6.10. The first-order chi connectivity index (χ1) is 10.8. The van der Waals surface area contributed by atoms with Crippen molar-refractivity contribution >= 4 is 16.6 Å². The zero-order chi connectivity index (χ0) is 15.4. The van der Waals surface area contributed by atoms with Gasteiger partial charge in [-0.1, -0.05) is 24.3 Å². The minimum Gasteiger partial charge on any atom is -0.493 e. The number of hydrogen-bond donors (Lipinski definition) is 1. The van der Waals surface area contributed by atoms with Crippen LogP contribution >= 0.6 is 0 Å². The standard InChI is InChI=1S/C18H22N2O2/c1-2-22-18-8-7-15(14-5-3-4-6-16(14)18)17(21)13-20-11-9-19-10-12-20/h3-8,19H,2,9-13H2,1H3. The van der Waals surface area contributed by atoms with Crippen molar-refractivity contribution in [3.05, 3.63) is 42.0 Å². The minimum absolute atomic E-state index is 0.182. The van der Waals surface area contributed by atoms with Gasteiger partial charge >= 0.3 is 0 Å². The molecule has 1 N–H and O–H groups in total. The van der Waals surface area contributed by atoms with Gasteiger partial charge < -0.3 is 10.1 Å². The number of rotatable bonds is 5. The molecule has 2 aromatic carbocycles. The third-order valence-electron chi connectivity index (χ3n) is 4.06. The fraction of sp³-hybridized carbons (Fsp3) is 0.389. The number of ketones is 1. The summed E-state index contributed by atoms with van der Waals surface area (Å²) in [6.07, 6.45) is 0. The van der Waals surface area contributed by atoms with Crippen molar-refractivity contribution in [2.24, 2.45) is 0 Å². The lowest BCUT2D eigenvalue weighted by Gasteiger charge is -2.26. The molecule has 1 fully saturated rings. The number of hydrogen-bond acceptors (Lipinski definition) is 4. The molecule has 0 bridgehead atoms. The summed E-state index contributed by atoms with van der Waals surface area (Å²) in [7, 11) is 0. The molecule has 0 radical (unpaired) electrons. The van der Waals surface area contributed by atoms with E-state index in [9.17, 15) is 4.79 Å². The van der Waals surface area contributed by atoms with Crippen molar-refractivity contribution in [3.8, 4) is 5.75 Å². The molecule has 0 amide bonds. The van der Waals surface area contributed by atoms with Gasteiger partial charge in [-0.05, 0) is 24.4 Å². The molecule has 22 heavy (non-hydrogen) atoms. The maximum absolute atomic E-state index is 12.7. The lowest BCUT2D eigenvalue weighted by molar-refractivity contribution is 0.0923. The number of nitrogens with one attached hydrogen (secondary N) is 1. The van der Waals surface area contributed by atoms with Crippen LogP contribution < -0.4 is 10.1 Å². The van der Waals surface area contributed by atoms with Crippen molar-refractivity contribution in [3.63, 3.8) is 0 Å². The molecule has 0 aromatic heterocycles. The Hall–Kier alpha value is -1.91. The van der Waals surface area contributed by atoms with Crippen molar-refractivity contribution in [2.75, 3.05) is 39.3 Å². The topological polar surface area (TPSA) is 41.6 Å². The Morgan fingerprint density at radius 3 is 2.59 bits per heavy atom. The lowest BCUT2D eigenvalue weighted by atomic mass is 10.00. The van der Waals surface area contributed by atoms with Crippen molar-refractivity contribution in [1.29, 1.82) is 0 Å². The van der Waals surface area contributed by atoms with E-state index in [-0.39, 0.29) is 5.78 Å². The number of piperazine rings is 1. The van der Waals surface area contributed by atoms with E-state index in [1.165, 1.54) is 0 Å². The lowest BCUT2D eigenvalue weighted by Crippen LogP contribution is -2.45. The van der Waals surface area contributed by atoms with Gasteiger partial charge in [0.15, 0.2) is 5.78 Å². The summed E-state index contributed by atoms with van der Waals surface area (Å²) in [5.74, 6) is 1.03. The van der Waals surface area contributed by atoms with Crippen LogP contribution in [-0.2, 0) is 0 Å². The van der Waals surface area contributed by atoms with E-state index < -0.39 is 0 Å². The molecule has 0 saturated carbocycles. The van der Waals surface area contributed by atoms with Gasteiger partial charge in [0.2, 0.25) is 0 Å². The molecule has 3 rings (SSSR count). The number of nitrogens with zero attached hydrogens (tertiary/aromatic N) is 1. The van der Waals surface area contributed by atoms with Gasteiger partial charge in [0.25, 0.3) is 0 Å². The van der Waals surface area contributed by atoms with Gasteiger partial charge in [-0.3, -0.25) is 9.69 Å². The van der Waals surface area contributed by atoms with Crippen LogP contribution in [0.15, 0.2) is 36.4 Å². The molecule has 116 valence electrons. The van der Waals surface area contributed by atoms with Gasteiger partial charge in [-0.2, -0.15) is 0 Å². The number of benzene rings is 2. The normalized spacial score (nSPS) is 15.9. The zero-order valence-electron chi connectivity index (χ0n) is 13.0. The molecule has 2 aromatic rings. The molecule has 0 atom stereocenters. The second-order valence-electron chi connectivity index (χ2n) is 5.54. The van der Waals surface area contributed by atoms with Crippen LogP contribution in [0.1, 0.15) is 17.3 Å². The first-order valence-electron chi connectivity index (χ1n) is 7.90. The number of Topliss-reactive ketones (excluding diaryl/α,β-unsaturated/α-hetero) is 1. The Morgan fingerprint density at radius 2 is 1.86 bits per heavy atom. The molecule has 4 heteroatoms. The predicted octanol–water partition coefficient (Wildman–Crippen LogP) is 2.33. The Kier molecular flexibility index (Phi) is 4.71. The van der Waals surface area contributed by atoms with Crippen molar-refractivity contribution in [2.45, 2.75) is 6.92 Å². The SMILES string of the molecule is CCOc1ccc(C(=O)CN2CCNCC2)c2ccccc12. The largest absolute Gasteiger partial charge is 0.493 e. The summed E-state index contributed by atoms with van der Waals surface area (Å²) >= 11 is 0. The van der Waals surface area contributed by atoms with E-state index in [4.69, 9.17) is 4.74 Å². The van der Waals surface area contributed by atoms with Crippen LogP contribution in [0.5, 0.6) is 5.75 Å². The smallest absolute Gasteiger partial charge is 0.177 e. The zero-order valence-corrected chi connectivity index (χ0v) is 13.0. The van der Waals surface area contributed by atoms with E-state index in [2.05, 4.69) is 10.2 Å². The van der Waals surface area contributed by atoms with Crippen LogP contribution in [0.3, 0.4) is 0 Å². The molecule has 0 spiro atoms. The number of fused-ring (bicyclic) bond motifs is 1. The Balaban J connectivity index is 1.89. The minimum atomic E-state index is 0.182.